The molecule has 3 rings (SSSR count). The summed E-state index contributed by atoms with van der Waals surface area (Å²) in [7, 11) is 0. The molecular formula is C15H18O4. The van der Waals surface area contributed by atoms with Crippen LogP contribution in [0.4, 0.5) is 0 Å². The summed E-state index contributed by atoms with van der Waals surface area (Å²) in [6.45, 7) is 3.15. The fourth-order valence-corrected chi connectivity index (χ4v) is 2.32. The van der Waals surface area contributed by atoms with Crippen molar-refractivity contribution in [1.29, 1.82) is 0 Å². The maximum atomic E-state index is 10.9. The van der Waals surface area contributed by atoms with E-state index < -0.39 is 5.97 Å². The molecule has 0 bridgehead atoms. The van der Waals surface area contributed by atoms with Gasteiger partial charge in [0.15, 0.2) is 11.5 Å². The van der Waals surface area contributed by atoms with E-state index in [1.807, 2.05) is 18.2 Å². The van der Waals surface area contributed by atoms with Crippen LogP contribution in [0.15, 0.2) is 18.2 Å². The second-order valence-corrected chi connectivity index (χ2v) is 5.80. The number of ether oxygens (including phenoxy) is 2. The van der Waals surface area contributed by atoms with Gasteiger partial charge >= 0.3 is 5.97 Å². The third-order valence-corrected chi connectivity index (χ3v) is 4.00. The molecular weight excluding hydrogens is 244 g/mol. The van der Waals surface area contributed by atoms with Crippen LogP contribution in [0.1, 0.15) is 25.3 Å². The van der Waals surface area contributed by atoms with Crippen LogP contribution < -0.4 is 9.47 Å². The molecule has 1 N–H and O–H groups in total. The Morgan fingerprint density at radius 3 is 2.63 bits per heavy atom. The minimum atomic E-state index is -0.774. The number of hydrogen-bond acceptors (Lipinski definition) is 3. The highest BCUT2D eigenvalue weighted by molar-refractivity contribution is 5.70. The van der Waals surface area contributed by atoms with E-state index in [0.717, 1.165) is 23.7 Å². The summed E-state index contributed by atoms with van der Waals surface area (Å²) in [5.41, 5.74) is 1.21. The van der Waals surface area contributed by atoms with Gasteiger partial charge in [-0.05, 0) is 37.0 Å². The second kappa shape index (κ2) is 4.44. The van der Waals surface area contributed by atoms with Gasteiger partial charge in [0.1, 0.15) is 0 Å². The maximum Gasteiger partial charge on any atom is 0.306 e. The number of fused-ring (bicyclic) bond motifs is 1. The minimum Gasteiger partial charge on any atom is -0.489 e. The number of aliphatic carboxylic acids is 1. The lowest BCUT2D eigenvalue weighted by molar-refractivity contribution is -0.141. The molecule has 1 spiro atoms. The molecule has 1 aliphatic carbocycles. The summed E-state index contributed by atoms with van der Waals surface area (Å²) in [6.07, 6.45) is 2.85. The van der Waals surface area contributed by atoms with Crippen molar-refractivity contribution in [3.05, 3.63) is 23.8 Å². The summed E-state index contributed by atoms with van der Waals surface area (Å²) in [6, 6.07) is 5.73. The van der Waals surface area contributed by atoms with Crippen molar-refractivity contribution in [3.8, 4) is 11.5 Å². The predicted molar refractivity (Wildman–Crippen MR) is 69.6 cm³/mol. The van der Waals surface area contributed by atoms with Gasteiger partial charge in [-0.3, -0.25) is 4.79 Å². The van der Waals surface area contributed by atoms with Crippen LogP contribution in [-0.4, -0.2) is 24.3 Å². The predicted octanol–water partition coefficient (Wildman–Crippen LogP) is 2.50. The van der Waals surface area contributed by atoms with Crippen molar-refractivity contribution in [2.45, 2.75) is 26.2 Å². The highest BCUT2D eigenvalue weighted by Crippen LogP contribution is 2.49. The molecule has 4 nitrogen and oxygen atoms in total. The molecule has 2 aliphatic rings. The fraction of sp³-hybridized carbons (Fsp3) is 0.533. The first-order valence-corrected chi connectivity index (χ1v) is 6.69. The first-order chi connectivity index (χ1) is 9.08. The summed E-state index contributed by atoms with van der Waals surface area (Å²) >= 11 is 0. The third-order valence-electron chi connectivity index (χ3n) is 4.00. The Morgan fingerprint density at radius 1 is 1.32 bits per heavy atom. The molecule has 0 amide bonds. The normalized spacial score (nSPS) is 20.7. The molecule has 4 heteroatoms. The van der Waals surface area contributed by atoms with E-state index >= 15 is 0 Å². The molecule has 0 radical (unpaired) electrons. The smallest absolute Gasteiger partial charge is 0.306 e. The van der Waals surface area contributed by atoms with Crippen LogP contribution in [-0.2, 0) is 11.2 Å². The molecule has 1 atom stereocenters. The lowest BCUT2D eigenvalue weighted by atomic mass is 10.0. The van der Waals surface area contributed by atoms with Gasteiger partial charge in [0.25, 0.3) is 0 Å². The van der Waals surface area contributed by atoms with Crippen molar-refractivity contribution in [1.82, 2.24) is 0 Å². The number of hydrogen-bond donors (Lipinski definition) is 1. The first-order valence-electron chi connectivity index (χ1n) is 6.69. The zero-order valence-corrected chi connectivity index (χ0v) is 11.0. The molecule has 1 aliphatic heterocycles. The summed E-state index contributed by atoms with van der Waals surface area (Å²) in [5, 5.41) is 8.95. The molecule has 19 heavy (non-hydrogen) atoms. The van der Waals surface area contributed by atoms with E-state index in [0.29, 0.717) is 13.0 Å². The fourth-order valence-electron chi connectivity index (χ4n) is 2.32. The van der Waals surface area contributed by atoms with Crippen LogP contribution in [0, 0.1) is 11.3 Å². The molecule has 0 aromatic heterocycles. The van der Waals surface area contributed by atoms with Gasteiger partial charge in [-0.2, -0.15) is 0 Å². The van der Waals surface area contributed by atoms with E-state index in [-0.39, 0.29) is 11.3 Å². The summed E-state index contributed by atoms with van der Waals surface area (Å²) in [5.74, 6) is 0.359. The number of carbonyl (C=O) groups is 1. The van der Waals surface area contributed by atoms with Crippen molar-refractivity contribution in [3.63, 3.8) is 0 Å². The van der Waals surface area contributed by atoms with E-state index in [1.54, 1.807) is 6.92 Å². The van der Waals surface area contributed by atoms with Gasteiger partial charge in [-0.25, -0.2) is 0 Å². The highest BCUT2D eigenvalue weighted by Gasteiger charge is 2.46. The first kappa shape index (κ1) is 12.3. The topological polar surface area (TPSA) is 55.8 Å². The van der Waals surface area contributed by atoms with Crippen LogP contribution in [0.2, 0.25) is 0 Å². The SMILES string of the molecule is CC(Cc1ccc2c(c1)OCC1(CC1)CO2)C(=O)O. The van der Waals surface area contributed by atoms with Gasteiger partial charge in [-0.15, -0.1) is 0 Å². The number of carboxylic acid groups (broad SMARTS) is 1. The number of benzene rings is 1. The molecule has 0 saturated heterocycles. The molecule has 1 heterocycles. The van der Waals surface area contributed by atoms with Gasteiger partial charge in [0, 0.05) is 5.41 Å². The van der Waals surface area contributed by atoms with Gasteiger partial charge < -0.3 is 14.6 Å². The van der Waals surface area contributed by atoms with E-state index in [1.165, 1.54) is 12.8 Å². The molecule has 1 fully saturated rings. The Labute approximate surface area is 112 Å². The van der Waals surface area contributed by atoms with Gasteiger partial charge in [0.05, 0.1) is 19.1 Å². The van der Waals surface area contributed by atoms with Crippen LogP contribution in [0.3, 0.4) is 0 Å². The molecule has 102 valence electrons. The zero-order chi connectivity index (χ0) is 13.5. The second-order valence-electron chi connectivity index (χ2n) is 5.80. The van der Waals surface area contributed by atoms with Crippen LogP contribution >= 0.6 is 0 Å². The molecule has 1 aromatic rings. The monoisotopic (exact) mass is 262 g/mol. The zero-order valence-electron chi connectivity index (χ0n) is 11.0. The van der Waals surface area contributed by atoms with Crippen molar-refractivity contribution in [2.75, 3.05) is 13.2 Å². The molecule has 1 saturated carbocycles. The Bertz CT molecular complexity index is 505. The van der Waals surface area contributed by atoms with Crippen molar-refractivity contribution >= 4 is 5.97 Å². The van der Waals surface area contributed by atoms with E-state index in [4.69, 9.17) is 14.6 Å². The minimum absolute atomic E-state index is 0.230. The molecule has 1 unspecified atom stereocenters. The van der Waals surface area contributed by atoms with Gasteiger partial charge in [0.2, 0.25) is 0 Å². The average molecular weight is 262 g/mol. The van der Waals surface area contributed by atoms with E-state index in [2.05, 4.69) is 0 Å². The Kier molecular flexibility index (Phi) is 2.88. The van der Waals surface area contributed by atoms with E-state index in [9.17, 15) is 4.79 Å². The lowest BCUT2D eigenvalue weighted by Gasteiger charge is -2.11. The standard InChI is InChI=1S/C15H18O4/c1-10(14(16)17)6-11-2-3-12-13(7-11)19-9-15(4-5-15)8-18-12/h2-3,7,10H,4-6,8-9H2,1H3,(H,16,17). The highest BCUT2D eigenvalue weighted by atomic mass is 16.5. The van der Waals surface area contributed by atoms with Crippen molar-refractivity contribution in [2.24, 2.45) is 11.3 Å². The Hall–Kier alpha value is -1.71. The maximum absolute atomic E-state index is 10.9. The third kappa shape index (κ3) is 2.53. The van der Waals surface area contributed by atoms with Crippen LogP contribution in [0.5, 0.6) is 11.5 Å². The summed E-state index contributed by atoms with van der Waals surface area (Å²) in [4.78, 5) is 10.9. The quantitative estimate of drug-likeness (QED) is 0.909. The summed E-state index contributed by atoms with van der Waals surface area (Å²) < 4.78 is 11.6. The van der Waals surface area contributed by atoms with Crippen LogP contribution in [0.25, 0.3) is 0 Å². The number of rotatable bonds is 3. The Balaban J connectivity index is 1.76. The largest absolute Gasteiger partial charge is 0.489 e. The average Bonchev–Trinajstić information content (AvgIpc) is 3.18. The number of carboxylic acids is 1. The van der Waals surface area contributed by atoms with Crippen molar-refractivity contribution < 1.29 is 19.4 Å². The lowest BCUT2D eigenvalue weighted by Crippen LogP contribution is -2.17. The molecule has 1 aromatic carbocycles. The van der Waals surface area contributed by atoms with Gasteiger partial charge in [-0.1, -0.05) is 13.0 Å². The Morgan fingerprint density at radius 2 is 2.00 bits per heavy atom.